The lowest BCUT2D eigenvalue weighted by atomic mass is 10.2. The SMILES string of the molecule is Cc1ccc(SCC(=O)NCCN2CCN(c3nc4c(C)cccc4s3)CC2)cc1. The number of amides is 1. The van der Waals surface area contributed by atoms with Gasteiger partial charge >= 0.3 is 0 Å². The predicted octanol–water partition coefficient (Wildman–Crippen LogP) is 3.94. The van der Waals surface area contributed by atoms with Crippen LogP contribution in [-0.4, -0.2) is 60.8 Å². The number of thioether (sulfide) groups is 1. The maximum Gasteiger partial charge on any atom is 0.230 e. The van der Waals surface area contributed by atoms with E-state index in [-0.39, 0.29) is 5.91 Å². The van der Waals surface area contributed by atoms with E-state index in [1.807, 2.05) is 0 Å². The highest BCUT2D eigenvalue weighted by atomic mass is 32.2. The Hall–Kier alpha value is -2.09. The van der Waals surface area contributed by atoms with Crippen LogP contribution < -0.4 is 10.2 Å². The molecule has 2 heterocycles. The Morgan fingerprint density at radius 1 is 1.10 bits per heavy atom. The van der Waals surface area contributed by atoms with Gasteiger partial charge < -0.3 is 10.2 Å². The van der Waals surface area contributed by atoms with Crippen LogP contribution >= 0.6 is 23.1 Å². The lowest BCUT2D eigenvalue weighted by Crippen LogP contribution is -2.48. The average molecular weight is 441 g/mol. The Balaban J connectivity index is 1.17. The third kappa shape index (κ3) is 5.33. The summed E-state index contributed by atoms with van der Waals surface area (Å²) in [6, 6.07) is 14.7. The van der Waals surface area contributed by atoms with Crippen molar-refractivity contribution in [3.63, 3.8) is 0 Å². The highest BCUT2D eigenvalue weighted by Crippen LogP contribution is 2.30. The summed E-state index contributed by atoms with van der Waals surface area (Å²) in [6.07, 6.45) is 0. The predicted molar refractivity (Wildman–Crippen MR) is 128 cm³/mol. The molecular formula is C23H28N4OS2. The highest BCUT2D eigenvalue weighted by Gasteiger charge is 2.20. The second-order valence-electron chi connectivity index (χ2n) is 7.70. The molecule has 158 valence electrons. The van der Waals surface area contributed by atoms with E-state index in [4.69, 9.17) is 4.98 Å². The first-order valence-corrected chi connectivity index (χ1v) is 12.2. The van der Waals surface area contributed by atoms with Gasteiger partial charge in [-0.25, -0.2) is 4.98 Å². The van der Waals surface area contributed by atoms with Gasteiger partial charge in [-0.3, -0.25) is 9.69 Å². The molecule has 1 fully saturated rings. The molecule has 0 saturated carbocycles. The summed E-state index contributed by atoms with van der Waals surface area (Å²) < 4.78 is 1.26. The van der Waals surface area contributed by atoms with Gasteiger partial charge in [0.25, 0.3) is 0 Å². The second-order valence-corrected chi connectivity index (χ2v) is 9.76. The molecule has 4 rings (SSSR count). The summed E-state index contributed by atoms with van der Waals surface area (Å²) in [5.74, 6) is 0.567. The molecule has 5 nitrogen and oxygen atoms in total. The van der Waals surface area contributed by atoms with Crippen LogP contribution in [0.15, 0.2) is 47.4 Å². The molecule has 1 aliphatic heterocycles. The van der Waals surface area contributed by atoms with Crippen molar-refractivity contribution in [3.8, 4) is 0 Å². The van der Waals surface area contributed by atoms with Crippen LogP contribution in [0.4, 0.5) is 5.13 Å². The van der Waals surface area contributed by atoms with E-state index in [9.17, 15) is 4.79 Å². The fraction of sp³-hybridized carbons (Fsp3) is 0.391. The Morgan fingerprint density at radius 2 is 1.87 bits per heavy atom. The molecule has 0 aliphatic carbocycles. The second kappa shape index (κ2) is 9.81. The van der Waals surface area contributed by atoms with Gasteiger partial charge in [0, 0.05) is 44.2 Å². The number of rotatable bonds is 7. The molecule has 0 radical (unpaired) electrons. The lowest BCUT2D eigenvalue weighted by molar-refractivity contribution is -0.118. The Labute approximate surface area is 186 Å². The van der Waals surface area contributed by atoms with Crippen LogP contribution in [0.3, 0.4) is 0 Å². The minimum absolute atomic E-state index is 0.101. The number of hydrogen-bond donors (Lipinski definition) is 1. The molecule has 30 heavy (non-hydrogen) atoms. The first-order valence-electron chi connectivity index (χ1n) is 10.4. The third-order valence-corrected chi connectivity index (χ3v) is 7.49. The van der Waals surface area contributed by atoms with E-state index < -0.39 is 0 Å². The van der Waals surface area contributed by atoms with E-state index in [0.717, 1.165) is 48.3 Å². The van der Waals surface area contributed by atoms with Gasteiger partial charge in [-0.2, -0.15) is 0 Å². The van der Waals surface area contributed by atoms with Crippen molar-refractivity contribution < 1.29 is 4.79 Å². The fourth-order valence-corrected chi connectivity index (χ4v) is 5.38. The zero-order valence-electron chi connectivity index (χ0n) is 17.6. The van der Waals surface area contributed by atoms with Crippen LogP contribution in [0.1, 0.15) is 11.1 Å². The topological polar surface area (TPSA) is 48.5 Å². The number of aryl methyl sites for hydroxylation is 2. The summed E-state index contributed by atoms with van der Waals surface area (Å²) in [5.41, 5.74) is 3.61. The van der Waals surface area contributed by atoms with Gasteiger partial charge in [0.15, 0.2) is 5.13 Å². The van der Waals surface area contributed by atoms with Crippen LogP contribution in [0.5, 0.6) is 0 Å². The van der Waals surface area contributed by atoms with Gasteiger partial charge in [-0.1, -0.05) is 41.2 Å². The molecule has 1 saturated heterocycles. The number of benzene rings is 2. The highest BCUT2D eigenvalue weighted by molar-refractivity contribution is 8.00. The monoisotopic (exact) mass is 440 g/mol. The van der Waals surface area contributed by atoms with Crippen molar-refractivity contribution in [2.75, 3.05) is 49.9 Å². The zero-order chi connectivity index (χ0) is 20.9. The van der Waals surface area contributed by atoms with Crippen LogP contribution in [0.25, 0.3) is 10.2 Å². The van der Waals surface area contributed by atoms with Gasteiger partial charge in [-0.15, -0.1) is 11.8 Å². The number of anilines is 1. The zero-order valence-corrected chi connectivity index (χ0v) is 19.2. The molecule has 1 aliphatic rings. The Kier molecular flexibility index (Phi) is 6.92. The normalized spacial score (nSPS) is 14.9. The maximum absolute atomic E-state index is 12.1. The maximum atomic E-state index is 12.1. The van der Waals surface area contributed by atoms with E-state index in [2.05, 4.69) is 71.4 Å². The van der Waals surface area contributed by atoms with Crippen molar-refractivity contribution in [1.29, 1.82) is 0 Å². The number of nitrogens with zero attached hydrogens (tertiary/aromatic N) is 3. The van der Waals surface area contributed by atoms with Crippen molar-refractivity contribution in [2.24, 2.45) is 0 Å². The fourth-order valence-electron chi connectivity index (χ4n) is 3.56. The van der Waals surface area contributed by atoms with Crippen molar-refractivity contribution in [1.82, 2.24) is 15.2 Å². The number of para-hydroxylation sites is 1. The molecule has 3 aromatic rings. The molecule has 7 heteroatoms. The summed E-state index contributed by atoms with van der Waals surface area (Å²) in [6.45, 7) is 9.76. The number of carbonyl (C=O) groups excluding carboxylic acids is 1. The standard InChI is InChI=1S/C23H28N4OS2/c1-17-6-8-19(9-7-17)29-16-21(28)24-10-11-26-12-14-27(15-13-26)23-25-22-18(2)4-3-5-20(22)30-23/h3-9H,10-16H2,1-2H3,(H,24,28). The van der Waals surface area contributed by atoms with Gasteiger partial charge in [0.05, 0.1) is 16.0 Å². The van der Waals surface area contributed by atoms with Gasteiger partial charge in [0.2, 0.25) is 5.91 Å². The van der Waals surface area contributed by atoms with E-state index in [1.165, 1.54) is 15.8 Å². The number of thiazole rings is 1. The largest absolute Gasteiger partial charge is 0.354 e. The molecule has 0 spiro atoms. The van der Waals surface area contributed by atoms with Crippen molar-refractivity contribution in [3.05, 3.63) is 53.6 Å². The molecule has 2 aromatic carbocycles. The number of piperazine rings is 1. The summed E-state index contributed by atoms with van der Waals surface area (Å²) in [7, 11) is 0. The molecule has 1 amide bonds. The Morgan fingerprint density at radius 3 is 2.60 bits per heavy atom. The minimum atomic E-state index is 0.101. The molecular weight excluding hydrogens is 412 g/mol. The summed E-state index contributed by atoms with van der Waals surface area (Å²) in [5, 5.41) is 4.18. The average Bonchev–Trinajstić information content (AvgIpc) is 3.20. The van der Waals surface area contributed by atoms with Crippen LogP contribution in [0.2, 0.25) is 0 Å². The van der Waals surface area contributed by atoms with E-state index in [0.29, 0.717) is 12.3 Å². The van der Waals surface area contributed by atoms with Crippen LogP contribution in [-0.2, 0) is 4.79 Å². The first-order chi connectivity index (χ1) is 14.6. The lowest BCUT2D eigenvalue weighted by Gasteiger charge is -2.34. The number of fused-ring (bicyclic) bond motifs is 1. The van der Waals surface area contributed by atoms with Crippen molar-refractivity contribution >= 4 is 44.4 Å². The van der Waals surface area contributed by atoms with Gasteiger partial charge in [0.1, 0.15) is 0 Å². The molecule has 1 aromatic heterocycles. The number of aromatic nitrogens is 1. The molecule has 1 N–H and O–H groups in total. The smallest absolute Gasteiger partial charge is 0.230 e. The van der Waals surface area contributed by atoms with E-state index >= 15 is 0 Å². The number of nitrogens with one attached hydrogen (secondary N) is 1. The Bertz CT molecular complexity index is 994. The quantitative estimate of drug-likeness (QED) is 0.564. The van der Waals surface area contributed by atoms with E-state index in [1.54, 1.807) is 23.1 Å². The summed E-state index contributed by atoms with van der Waals surface area (Å²) in [4.78, 5) is 22.9. The molecule has 0 bridgehead atoms. The van der Waals surface area contributed by atoms with Crippen LogP contribution in [0, 0.1) is 13.8 Å². The van der Waals surface area contributed by atoms with Crippen molar-refractivity contribution in [2.45, 2.75) is 18.7 Å². The molecule has 0 atom stereocenters. The molecule has 0 unspecified atom stereocenters. The third-order valence-electron chi connectivity index (χ3n) is 5.39. The minimum Gasteiger partial charge on any atom is -0.354 e. The summed E-state index contributed by atoms with van der Waals surface area (Å²) >= 11 is 3.37. The number of carbonyl (C=O) groups is 1. The first kappa shape index (κ1) is 21.2. The number of hydrogen-bond acceptors (Lipinski definition) is 6. The van der Waals surface area contributed by atoms with Gasteiger partial charge in [-0.05, 0) is 37.6 Å².